The summed E-state index contributed by atoms with van der Waals surface area (Å²) in [6.45, 7) is 5.94. The zero-order valence-electron chi connectivity index (χ0n) is 15.8. The first-order chi connectivity index (χ1) is 13.1. The summed E-state index contributed by atoms with van der Waals surface area (Å²) in [5.41, 5.74) is 0.313. The maximum atomic E-state index is 12.0. The summed E-state index contributed by atoms with van der Waals surface area (Å²) < 4.78 is 0. The molecule has 0 unspecified atom stereocenters. The van der Waals surface area contributed by atoms with Gasteiger partial charge in [0, 0.05) is 76.2 Å². The first-order valence-corrected chi connectivity index (χ1v) is 9.95. The van der Waals surface area contributed by atoms with Gasteiger partial charge in [0.2, 0.25) is 5.95 Å². The van der Waals surface area contributed by atoms with Gasteiger partial charge in [-0.05, 0) is 19.3 Å². The van der Waals surface area contributed by atoms with E-state index < -0.39 is 11.4 Å². The first-order valence-electron chi connectivity index (χ1n) is 9.95. The van der Waals surface area contributed by atoms with Crippen LogP contribution in [0, 0.1) is 11.3 Å². The Morgan fingerprint density at radius 1 is 1.11 bits per heavy atom. The Balaban J connectivity index is 1.39. The number of hydrogen-bond donors (Lipinski definition) is 2. The summed E-state index contributed by atoms with van der Waals surface area (Å²) in [5.74, 6) is 0.195. The van der Waals surface area contributed by atoms with E-state index in [0.29, 0.717) is 26.2 Å². The van der Waals surface area contributed by atoms with Crippen LogP contribution in [0.2, 0.25) is 0 Å². The number of carboxylic acid groups (broad SMARTS) is 1. The highest BCUT2D eigenvalue weighted by Gasteiger charge is 2.57. The van der Waals surface area contributed by atoms with Gasteiger partial charge in [-0.25, -0.2) is 9.97 Å². The first kappa shape index (κ1) is 18.6. The van der Waals surface area contributed by atoms with Gasteiger partial charge in [0.25, 0.3) is 0 Å². The van der Waals surface area contributed by atoms with Crippen LogP contribution in [0.1, 0.15) is 24.8 Å². The van der Waals surface area contributed by atoms with Crippen molar-refractivity contribution >= 4 is 11.9 Å². The Bertz CT molecular complexity index is 664. The number of aliphatic hydroxyl groups is 1. The van der Waals surface area contributed by atoms with E-state index in [1.807, 2.05) is 12.4 Å². The average molecular weight is 375 g/mol. The lowest BCUT2D eigenvalue weighted by atomic mass is 9.81. The summed E-state index contributed by atoms with van der Waals surface area (Å²) in [6, 6.07) is 0. The van der Waals surface area contributed by atoms with Crippen molar-refractivity contribution in [2.45, 2.75) is 25.8 Å². The number of carbonyl (C=O) groups is 1. The highest BCUT2D eigenvalue weighted by Crippen LogP contribution is 2.43. The zero-order valence-corrected chi connectivity index (χ0v) is 15.8. The highest BCUT2D eigenvalue weighted by molar-refractivity contribution is 5.77. The number of fused-ring (bicyclic) bond motifs is 1. The van der Waals surface area contributed by atoms with Crippen molar-refractivity contribution in [3.8, 4) is 0 Å². The fourth-order valence-corrected chi connectivity index (χ4v) is 4.95. The lowest BCUT2D eigenvalue weighted by Crippen LogP contribution is -2.41. The van der Waals surface area contributed by atoms with Crippen molar-refractivity contribution in [1.82, 2.24) is 19.8 Å². The molecule has 4 heterocycles. The topological polar surface area (TPSA) is 93.0 Å². The molecule has 0 amide bonds. The molecule has 0 spiro atoms. The fraction of sp³-hybridized carbons (Fsp3) is 0.737. The summed E-state index contributed by atoms with van der Waals surface area (Å²) >= 11 is 0. The van der Waals surface area contributed by atoms with Crippen molar-refractivity contribution < 1.29 is 15.0 Å². The van der Waals surface area contributed by atoms with Crippen LogP contribution in [0.4, 0.5) is 5.95 Å². The van der Waals surface area contributed by atoms with Gasteiger partial charge in [-0.2, -0.15) is 0 Å². The molecule has 8 nitrogen and oxygen atoms in total. The molecule has 2 atom stereocenters. The molecule has 3 aliphatic rings. The number of nitrogens with zero attached hydrogens (tertiary/aromatic N) is 5. The van der Waals surface area contributed by atoms with Crippen LogP contribution in [-0.4, -0.2) is 88.4 Å². The Hall–Kier alpha value is -1.77. The molecule has 4 rings (SSSR count). The van der Waals surface area contributed by atoms with Gasteiger partial charge in [0.05, 0.1) is 12.0 Å². The van der Waals surface area contributed by atoms with E-state index in [1.165, 1.54) is 19.3 Å². The second-order valence-electron chi connectivity index (χ2n) is 8.23. The van der Waals surface area contributed by atoms with E-state index in [1.54, 1.807) is 0 Å². The smallest absolute Gasteiger partial charge is 0.312 e. The number of β-amino-alcohol motifs (C(OH)–C–C–N with tert-alkyl or cyclic N) is 1. The van der Waals surface area contributed by atoms with Gasteiger partial charge in [0.15, 0.2) is 0 Å². The molecule has 3 aliphatic heterocycles. The Kier molecular flexibility index (Phi) is 5.29. The molecular formula is C19H29N5O3. The number of rotatable bonds is 6. The molecule has 27 heavy (non-hydrogen) atoms. The van der Waals surface area contributed by atoms with E-state index in [2.05, 4.69) is 24.7 Å². The van der Waals surface area contributed by atoms with Crippen molar-refractivity contribution in [1.29, 1.82) is 0 Å². The molecule has 1 aromatic heterocycles. The molecule has 0 aliphatic carbocycles. The van der Waals surface area contributed by atoms with E-state index >= 15 is 0 Å². The summed E-state index contributed by atoms with van der Waals surface area (Å²) in [6.07, 6.45) is 7.45. The molecule has 1 aromatic rings. The van der Waals surface area contributed by atoms with Gasteiger partial charge in [0.1, 0.15) is 0 Å². The van der Waals surface area contributed by atoms with E-state index in [-0.39, 0.29) is 12.5 Å². The van der Waals surface area contributed by atoms with E-state index in [9.17, 15) is 9.90 Å². The third-order valence-corrected chi connectivity index (χ3v) is 6.33. The number of hydrogen-bond acceptors (Lipinski definition) is 7. The maximum absolute atomic E-state index is 12.0. The molecule has 0 radical (unpaired) electrons. The van der Waals surface area contributed by atoms with Crippen molar-refractivity contribution in [2.24, 2.45) is 11.3 Å². The van der Waals surface area contributed by atoms with Crippen LogP contribution in [-0.2, 0) is 11.3 Å². The molecular weight excluding hydrogens is 346 g/mol. The summed E-state index contributed by atoms with van der Waals surface area (Å²) in [5, 5.41) is 19.0. The normalized spacial score (nSPS) is 29.2. The lowest BCUT2D eigenvalue weighted by Gasteiger charge is -2.27. The van der Waals surface area contributed by atoms with Gasteiger partial charge >= 0.3 is 5.97 Å². The molecule has 0 bridgehead atoms. The Labute approximate surface area is 159 Å². The standard InChI is InChI=1S/C19H29N5O3/c25-7-6-22-11-16-12-23(14-19(16,13-22)17(26)27)10-15-8-20-18(21-9-15)24-4-2-1-3-5-24/h8-9,16,25H,1-7,10-14H2,(H,26,27)/t16-,19-/m1/s1. The second-order valence-corrected chi connectivity index (χ2v) is 8.23. The number of aromatic nitrogens is 2. The molecule has 148 valence electrons. The van der Waals surface area contributed by atoms with Crippen LogP contribution in [0.5, 0.6) is 0 Å². The lowest BCUT2D eigenvalue weighted by molar-refractivity contribution is -0.149. The predicted octanol–water partition coefficient (Wildman–Crippen LogP) is 0.278. The monoisotopic (exact) mass is 375 g/mol. The van der Waals surface area contributed by atoms with Crippen LogP contribution in [0.15, 0.2) is 12.4 Å². The number of piperidine rings is 1. The highest BCUT2D eigenvalue weighted by atomic mass is 16.4. The quantitative estimate of drug-likeness (QED) is 0.732. The van der Waals surface area contributed by atoms with Crippen molar-refractivity contribution in [3.05, 3.63) is 18.0 Å². The SMILES string of the molecule is O=C(O)[C@@]12CN(CCO)C[C@@H]1CN(Cc1cnc(N3CCCCC3)nc1)C2. The summed E-state index contributed by atoms with van der Waals surface area (Å²) in [4.78, 5) is 27.6. The predicted molar refractivity (Wildman–Crippen MR) is 100 cm³/mol. The maximum Gasteiger partial charge on any atom is 0.312 e. The number of aliphatic carboxylic acids is 1. The van der Waals surface area contributed by atoms with E-state index in [0.717, 1.165) is 37.7 Å². The number of aliphatic hydroxyl groups excluding tert-OH is 1. The van der Waals surface area contributed by atoms with Crippen LogP contribution < -0.4 is 4.90 Å². The summed E-state index contributed by atoms with van der Waals surface area (Å²) in [7, 11) is 0. The van der Waals surface area contributed by atoms with Crippen LogP contribution in [0.25, 0.3) is 0 Å². The zero-order chi connectivity index (χ0) is 18.9. The van der Waals surface area contributed by atoms with Gasteiger partial charge < -0.3 is 15.1 Å². The van der Waals surface area contributed by atoms with Gasteiger partial charge in [-0.1, -0.05) is 0 Å². The Morgan fingerprint density at radius 3 is 2.41 bits per heavy atom. The number of carboxylic acids is 1. The third-order valence-electron chi connectivity index (χ3n) is 6.33. The van der Waals surface area contributed by atoms with Crippen LogP contribution in [0.3, 0.4) is 0 Å². The fourth-order valence-electron chi connectivity index (χ4n) is 4.95. The number of anilines is 1. The molecule has 2 N–H and O–H groups in total. The minimum absolute atomic E-state index is 0.0762. The average Bonchev–Trinajstić information content (AvgIpc) is 3.18. The van der Waals surface area contributed by atoms with E-state index in [4.69, 9.17) is 5.11 Å². The molecule has 3 fully saturated rings. The molecule has 3 saturated heterocycles. The second kappa shape index (κ2) is 7.69. The van der Waals surface area contributed by atoms with Gasteiger partial charge in [-0.15, -0.1) is 0 Å². The van der Waals surface area contributed by atoms with Crippen molar-refractivity contribution in [2.75, 3.05) is 57.3 Å². The molecule has 0 aromatic carbocycles. The third kappa shape index (κ3) is 3.66. The largest absolute Gasteiger partial charge is 0.481 e. The number of likely N-dealkylation sites (tertiary alicyclic amines) is 2. The van der Waals surface area contributed by atoms with Crippen molar-refractivity contribution in [3.63, 3.8) is 0 Å². The van der Waals surface area contributed by atoms with Crippen LogP contribution >= 0.6 is 0 Å². The van der Waals surface area contributed by atoms with Gasteiger partial charge in [-0.3, -0.25) is 14.6 Å². The molecule has 8 heteroatoms. The Morgan fingerprint density at radius 2 is 1.78 bits per heavy atom. The minimum Gasteiger partial charge on any atom is -0.481 e. The molecule has 0 saturated carbocycles. The minimum atomic E-state index is -0.718.